The van der Waals surface area contributed by atoms with Gasteiger partial charge >= 0.3 is 0 Å². The highest BCUT2D eigenvalue weighted by atomic mass is 16.7. The van der Waals surface area contributed by atoms with Crippen LogP contribution in [0.1, 0.15) is 36.4 Å². The van der Waals surface area contributed by atoms with E-state index in [1.807, 2.05) is 18.2 Å². The minimum Gasteiger partial charge on any atom is -0.371 e. The van der Waals surface area contributed by atoms with Crippen LogP contribution >= 0.6 is 0 Å². The van der Waals surface area contributed by atoms with Crippen molar-refractivity contribution >= 4 is 5.69 Å². The van der Waals surface area contributed by atoms with Gasteiger partial charge in [0.15, 0.2) is 6.29 Å². The average molecular weight is 293 g/mol. The molecule has 3 heteroatoms. The molecule has 0 aromatic heterocycles. The van der Waals surface area contributed by atoms with Gasteiger partial charge in [0.05, 0.1) is 0 Å². The normalized spacial score (nSPS) is 32.5. The Morgan fingerprint density at radius 2 is 1.64 bits per heavy atom. The molecule has 6 rings (SSSR count). The van der Waals surface area contributed by atoms with Crippen molar-refractivity contribution in [2.45, 2.75) is 30.8 Å². The third-order valence-electron chi connectivity index (χ3n) is 5.32. The Hall–Kier alpha value is -1.84. The SMILES string of the molecule is c1ccc(C2OC3c4ccccc4N4CCC3(CC4)O2)cc1. The van der Waals surface area contributed by atoms with Gasteiger partial charge in [-0.3, -0.25) is 0 Å². The van der Waals surface area contributed by atoms with Crippen LogP contribution in [0.4, 0.5) is 5.69 Å². The molecule has 1 spiro atoms. The molecular weight excluding hydrogens is 274 g/mol. The highest BCUT2D eigenvalue weighted by molar-refractivity contribution is 5.58. The van der Waals surface area contributed by atoms with Gasteiger partial charge in [-0.1, -0.05) is 48.5 Å². The molecule has 22 heavy (non-hydrogen) atoms. The lowest BCUT2D eigenvalue weighted by Gasteiger charge is -2.37. The van der Waals surface area contributed by atoms with E-state index >= 15 is 0 Å². The van der Waals surface area contributed by atoms with Gasteiger partial charge in [0, 0.05) is 29.9 Å². The van der Waals surface area contributed by atoms with Gasteiger partial charge in [-0.2, -0.15) is 0 Å². The molecule has 4 aliphatic rings. The van der Waals surface area contributed by atoms with Gasteiger partial charge in [0.25, 0.3) is 0 Å². The third-order valence-corrected chi connectivity index (χ3v) is 5.32. The summed E-state index contributed by atoms with van der Waals surface area (Å²) >= 11 is 0. The van der Waals surface area contributed by atoms with Crippen LogP contribution in [0.3, 0.4) is 0 Å². The third kappa shape index (κ3) is 1.70. The van der Waals surface area contributed by atoms with Crippen molar-refractivity contribution in [3.05, 3.63) is 65.7 Å². The second-order valence-corrected chi connectivity index (χ2v) is 6.49. The molecule has 0 radical (unpaired) electrons. The zero-order valence-electron chi connectivity index (χ0n) is 12.4. The molecule has 2 atom stereocenters. The Bertz CT molecular complexity index is 692. The summed E-state index contributed by atoms with van der Waals surface area (Å²) in [5.41, 5.74) is 3.56. The molecule has 2 bridgehead atoms. The van der Waals surface area contributed by atoms with Crippen molar-refractivity contribution in [3.8, 4) is 0 Å². The first-order valence-electron chi connectivity index (χ1n) is 8.08. The monoisotopic (exact) mass is 293 g/mol. The van der Waals surface area contributed by atoms with Crippen LogP contribution in [-0.2, 0) is 9.47 Å². The van der Waals surface area contributed by atoms with E-state index in [1.54, 1.807) is 0 Å². The van der Waals surface area contributed by atoms with E-state index < -0.39 is 0 Å². The fourth-order valence-electron chi connectivity index (χ4n) is 4.17. The minimum absolute atomic E-state index is 0.0430. The van der Waals surface area contributed by atoms with Gasteiger partial charge in [0.1, 0.15) is 11.7 Å². The summed E-state index contributed by atoms with van der Waals surface area (Å²) < 4.78 is 12.9. The zero-order valence-corrected chi connectivity index (χ0v) is 12.4. The zero-order chi connectivity index (χ0) is 14.6. The van der Waals surface area contributed by atoms with Gasteiger partial charge in [-0.25, -0.2) is 0 Å². The van der Waals surface area contributed by atoms with Crippen LogP contribution in [0.5, 0.6) is 0 Å². The van der Waals surface area contributed by atoms with Crippen molar-refractivity contribution in [1.82, 2.24) is 0 Å². The van der Waals surface area contributed by atoms with Crippen LogP contribution in [-0.4, -0.2) is 18.7 Å². The van der Waals surface area contributed by atoms with Crippen LogP contribution < -0.4 is 4.90 Å². The van der Waals surface area contributed by atoms with Gasteiger partial charge in [-0.05, 0) is 18.9 Å². The Morgan fingerprint density at radius 3 is 2.45 bits per heavy atom. The standard InChI is InChI=1S/C19H19NO2/c1-2-6-14(7-3-1)18-21-17-15-8-4-5-9-16(15)20-12-10-19(17,22-18)11-13-20/h1-9,17-18H,10-13H2. The number of hydrogen-bond donors (Lipinski definition) is 0. The smallest absolute Gasteiger partial charge is 0.185 e. The molecule has 2 unspecified atom stereocenters. The van der Waals surface area contributed by atoms with E-state index in [-0.39, 0.29) is 18.0 Å². The number of anilines is 1. The van der Waals surface area contributed by atoms with Crippen LogP contribution in [0.2, 0.25) is 0 Å². The number of nitrogens with zero attached hydrogens (tertiary/aromatic N) is 1. The Morgan fingerprint density at radius 1 is 0.909 bits per heavy atom. The lowest BCUT2D eigenvalue weighted by molar-refractivity contribution is -0.0994. The fraction of sp³-hybridized carbons (Fsp3) is 0.368. The lowest BCUT2D eigenvalue weighted by Crippen LogP contribution is -2.44. The van der Waals surface area contributed by atoms with E-state index in [4.69, 9.17) is 9.47 Å². The summed E-state index contributed by atoms with van der Waals surface area (Å²) in [6.45, 7) is 2.11. The Kier molecular flexibility index (Phi) is 2.64. The molecular formula is C19H19NO2. The van der Waals surface area contributed by atoms with Crippen LogP contribution in [0, 0.1) is 0 Å². The summed E-state index contributed by atoms with van der Waals surface area (Å²) in [7, 11) is 0. The van der Waals surface area contributed by atoms with E-state index in [9.17, 15) is 0 Å². The van der Waals surface area contributed by atoms with Crippen molar-refractivity contribution in [3.63, 3.8) is 0 Å². The average Bonchev–Trinajstić information content (AvgIpc) is 2.84. The number of hydrogen-bond acceptors (Lipinski definition) is 3. The number of rotatable bonds is 1. The van der Waals surface area contributed by atoms with E-state index in [2.05, 4.69) is 41.3 Å². The van der Waals surface area contributed by atoms with Crippen molar-refractivity contribution in [1.29, 1.82) is 0 Å². The number of ether oxygens (including phenoxy) is 2. The maximum Gasteiger partial charge on any atom is 0.185 e. The molecule has 4 aliphatic heterocycles. The lowest BCUT2D eigenvalue weighted by atomic mass is 9.85. The summed E-state index contributed by atoms with van der Waals surface area (Å²) in [5.74, 6) is 0. The van der Waals surface area contributed by atoms with E-state index in [1.165, 1.54) is 11.3 Å². The van der Waals surface area contributed by atoms with Gasteiger partial charge in [0.2, 0.25) is 0 Å². The number of fused-ring (bicyclic) bond motifs is 2. The second-order valence-electron chi connectivity index (χ2n) is 6.49. The second kappa shape index (κ2) is 4.58. The molecule has 2 aromatic rings. The first kappa shape index (κ1) is 12.7. The van der Waals surface area contributed by atoms with Crippen molar-refractivity contribution in [2.24, 2.45) is 0 Å². The Labute approximate surface area is 130 Å². The molecule has 2 aromatic carbocycles. The topological polar surface area (TPSA) is 21.7 Å². The van der Waals surface area contributed by atoms with Crippen molar-refractivity contribution < 1.29 is 9.47 Å². The number of para-hydroxylation sites is 1. The van der Waals surface area contributed by atoms with E-state index in [0.717, 1.165) is 31.5 Å². The molecule has 0 amide bonds. The first-order valence-corrected chi connectivity index (χ1v) is 8.08. The molecule has 112 valence electrons. The quantitative estimate of drug-likeness (QED) is 0.797. The fourth-order valence-corrected chi connectivity index (χ4v) is 4.17. The number of benzene rings is 2. The van der Waals surface area contributed by atoms with Gasteiger partial charge in [-0.15, -0.1) is 0 Å². The minimum atomic E-state index is -0.246. The predicted octanol–water partition coefficient (Wildman–Crippen LogP) is 3.83. The summed E-state index contributed by atoms with van der Waals surface area (Å²) in [6, 6.07) is 19.0. The molecule has 0 saturated carbocycles. The largest absolute Gasteiger partial charge is 0.371 e. The van der Waals surface area contributed by atoms with E-state index in [0.29, 0.717) is 0 Å². The molecule has 3 nitrogen and oxygen atoms in total. The number of piperidine rings is 1. The summed E-state index contributed by atoms with van der Waals surface area (Å²) in [4.78, 5) is 2.48. The van der Waals surface area contributed by atoms with Crippen LogP contribution in [0.15, 0.2) is 54.6 Å². The van der Waals surface area contributed by atoms with Crippen LogP contribution in [0.25, 0.3) is 0 Å². The highest BCUT2D eigenvalue weighted by Crippen LogP contribution is 2.55. The molecule has 0 N–H and O–H groups in total. The maximum absolute atomic E-state index is 6.51. The molecule has 4 heterocycles. The predicted molar refractivity (Wildman–Crippen MR) is 84.7 cm³/mol. The highest BCUT2D eigenvalue weighted by Gasteiger charge is 2.55. The Balaban J connectivity index is 1.60. The summed E-state index contributed by atoms with van der Waals surface area (Å²) in [5, 5.41) is 0. The summed E-state index contributed by atoms with van der Waals surface area (Å²) in [6.07, 6.45) is 1.87. The molecule has 2 saturated heterocycles. The molecule has 0 aliphatic carbocycles. The molecule has 2 fully saturated rings. The first-order chi connectivity index (χ1) is 10.9. The van der Waals surface area contributed by atoms with Gasteiger partial charge < -0.3 is 14.4 Å². The van der Waals surface area contributed by atoms with Crippen molar-refractivity contribution in [2.75, 3.05) is 18.0 Å². The maximum atomic E-state index is 6.51.